The fourth-order valence-electron chi connectivity index (χ4n) is 2.34. The molecule has 0 aromatic carbocycles. The third-order valence-corrected chi connectivity index (χ3v) is 3.51. The third-order valence-electron chi connectivity index (χ3n) is 3.23. The van der Waals surface area contributed by atoms with E-state index in [0.29, 0.717) is 16.9 Å². The topological polar surface area (TPSA) is 71.3 Å². The Balaban J connectivity index is 2.28. The van der Waals surface area contributed by atoms with E-state index in [9.17, 15) is 10.1 Å². The van der Waals surface area contributed by atoms with Crippen molar-refractivity contribution in [3.63, 3.8) is 0 Å². The Bertz CT molecular complexity index is 463. The van der Waals surface area contributed by atoms with Gasteiger partial charge in [-0.2, -0.15) is 0 Å². The van der Waals surface area contributed by atoms with Gasteiger partial charge in [0, 0.05) is 25.2 Å². The molecule has 0 bridgehead atoms. The molecule has 0 radical (unpaired) electrons. The van der Waals surface area contributed by atoms with E-state index in [2.05, 4.69) is 22.1 Å². The number of nitrogens with zero attached hydrogens (tertiary/aromatic N) is 3. The maximum atomic E-state index is 10.7. The number of rotatable bonds is 5. The smallest absolute Gasteiger partial charge is 0.289 e. The number of nitro groups is 1. The lowest BCUT2D eigenvalue weighted by Gasteiger charge is -2.29. The number of hydrogen-bond acceptors (Lipinski definition) is 5. The first-order valence-corrected chi connectivity index (χ1v) is 6.78. The maximum Gasteiger partial charge on any atom is 0.289 e. The third kappa shape index (κ3) is 3.13. The van der Waals surface area contributed by atoms with Crippen LogP contribution in [0.2, 0.25) is 5.02 Å². The molecule has 1 unspecified atom stereocenters. The standard InChI is InChI=1S/C12H17ClN4O2/c1-2-5-16(9-3-4-14-7-9)12-11(13)6-10(8-15-12)17(18)19/h6,8-9,14H,2-5,7H2,1H3. The Morgan fingerprint density at radius 3 is 3.00 bits per heavy atom. The second kappa shape index (κ2) is 6.16. The summed E-state index contributed by atoms with van der Waals surface area (Å²) in [6.07, 6.45) is 3.28. The molecule has 104 valence electrons. The number of pyridine rings is 1. The van der Waals surface area contributed by atoms with Gasteiger partial charge in [-0.1, -0.05) is 18.5 Å². The van der Waals surface area contributed by atoms with Crippen LogP contribution in [0.5, 0.6) is 0 Å². The summed E-state index contributed by atoms with van der Waals surface area (Å²) in [5, 5.41) is 14.4. The molecule has 1 aromatic heterocycles. The van der Waals surface area contributed by atoms with Gasteiger partial charge in [0.05, 0.1) is 9.95 Å². The van der Waals surface area contributed by atoms with E-state index in [0.717, 1.165) is 32.5 Å². The van der Waals surface area contributed by atoms with Gasteiger partial charge in [0.25, 0.3) is 5.69 Å². The largest absolute Gasteiger partial charge is 0.351 e. The Labute approximate surface area is 116 Å². The minimum Gasteiger partial charge on any atom is -0.351 e. The van der Waals surface area contributed by atoms with Crippen LogP contribution in [0.1, 0.15) is 19.8 Å². The van der Waals surface area contributed by atoms with Crippen LogP contribution in [-0.2, 0) is 0 Å². The predicted molar refractivity (Wildman–Crippen MR) is 74.8 cm³/mol. The van der Waals surface area contributed by atoms with Gasteiger partial charge in [0.2, 0.25) is 0 Å². The van der Waals surface area contributed by atoms with Gasteiger partial charge < -0.3 is 10.2 Å². The average molecular weight is 285 g/mol. The maximum absolute atomic E-state index is 10.7. The van der Waals surface area contributed by atoms with Gasteiger partial charge in [-0.15, -0.1) is 0 Å². The molecule has 1 aliphatic heterocycles. The molecule has 1 N–H and O–H groups in total. The quantitative estimate of drug-likeness (QED) is 0.663. The second-order valence-corrected chi connectivity index (χ2v) is 5.00. The van der Waals surface area contributed by atoms with Crippen molar-refractivity contribution in [1.29, 1.82) is 0 Å². The molecule has 0 saturated carbocycles. The molecule has 1 fully saturated rings. The highest BCUT2D eigenvalue weighted by molar-refractivity contribution is 6.33. The lowest BCUT2D eigenvalue weighted by atomic mass is 10.2. The first kappa shape index (κ1) is 14.0. The van der Waals surface area contributed by atoms with Crippen molar-refractivity contribution < 1.29 is 4.92 Å². The minimum absolute atomic E-state index is 0.0743. The molecule has 19 heavy (non-hydrogen) atoms. The van der Waals surface area contributed by atoms with Crippen molar-refractivity contribution in [2.24, 2.45) is 0 Å². The molecule has 1 atom stereocenters. The SMILES string of the molecule is CCCN(c1ncc([N+](=O)[O-])cc1Cl)C1CCNC1. The Hall–Kier alpha value is -1.40. The summed E-state index contributed by atoms with van der Waals surface area (Å²) in [7, 11) is 0. The van der Waals surface area contributed by atoms with Crippen LogP contribution in [0.15, 0.2) is 12.3 Å². The van der Waals surface area contributed by atoms with E-state index >= 15 is 0 Å². The Kier molecular flexibility index (Phi) is 4.55. The summed E-state index contributed by atoms with van der Waals surface area (Å²) in [5.74, 6) is 0.641. The fourth-order valence-corrected chi connectivity index (χ4v) is 2.61. The number of nitrogens with one attached hydrogen (secondary N) is 1. The summed E-state index contributed by atoms with van der Waals surface area (Å²) in [6, 6.07) is 1.72. The van der Waals surface area contributed by atoms with Crippen molar-refractivity contribution in [3.8, 4) is 0 Å². The molecule has 1 aliphatic rings. The second-order valence-electron chi connectivity index (χ2n) is 4.60. The average Bonchev–Trinajstić information content (AvgIpc) is 2.90. The normalized spacial score (nSPS) is 18.5. The molecule has 1 saturated heterocycles. The van der Waals surface area contributed by atoms with E-state index in [1.165, 1.54) is 12.3 Å². The van der Waals surface area contributed by atoms with Crippen LogP contribution in [0.25, 0.3) is 0 Å². The summed E-state index contributed by atoms with van der Waals surface area (Å²) >= 11 is 6.15. The molecule has 1 aromatic rings. The number of halogens is 1. The van der Waals surface area contributed by atoms with Crippen LogP contribution in [0.4, 0.5) is 11.5 Å². The molecule has 6 nitrogen and oxygen atoms in total. The molecular weight excluding hydrogens is 268 g/mol. The van der Waals surface area contributed by atoms with Crippen LogP contribution >= 0.6 is 11.6 Å². The van der Waals surface area contributed by atoms with Gasteiger partial charge in [0.15, 0.2) is 0 Å². The zero-order valence-electron chi connectivity index (χ0n) is 10.8. The minimum atomic E-state index is -0.482. The van der Waals surface area contributed by atoms with Gasteiger partial charge in [-0.25, -0.2) is 4.98 Å². The first-order valence-electron chi connectivity index (χ1n) is 6.40. The number of anilines is 1. The summed E-state index contributed by atoms with van der Waals surface area (Å²) < 4.78 is 0. The zero-order valence-corrected chi connectivity index (χ0v) is 11.6. The lowest BCUT2D eigenvalue weighted by Crippen LogP contribution is -2.38. The molecule has 2 rings (SSSR count). The number of hydrogen-bond donors (Lipinski definition) is 1. The number of aromatic nitrogens is 1. The van der Waals surface area contributed by atoms with E-state index in [1.807, 2.05) is 0 Å². The lowest BCUT2D eigenvalue weighted by molar-refractivity contribution is -0.385. The predicted octanol–water partition coefficient (Wildman–Crippen LogP) is 2.22. The van der Waals surface area contributed by atoms with E-state index in [-0.39, 0.29) is 5.69 Å². The molecule has 0 amide bonds. The van der Waals surface area contributed by atoms with Gasteiger partial charge in [-0.3, -0.25) is 10.1 Å². The van der Waals surface area contributed by atoms with Gasteiger partial charge >= 0.3 is 0 Å². The van der Waals surface area contributed by atoms with Crippen LogP contribution in [0.3, 0.4) is 0 Å². The van der Waals surface area contributed by atoms with E-state index in [1.54, 1.807) is 0 Å². The van der Waals surface area contributed by atoms with Crippen LogP contribution in [-0.4, -0.2) is 35.6 Å². The Morgan fingerprint density at radius 2 is 2.47 bits per heavy atom. The first-order chi connectivity index (χ1) is 9.13. The summed E-state index contributed by atoms with van der Waals surface area (Å²) in [4.78, 5) is 16.5. The van der Waals surface area contributed by atoms with Crippen molar-refractivity contribution in [3.05, 3.63) is 27.4 Å². The van der Waals surface area contributed by atoms with Gasteiger partial charge in [-0.05, 0) is 19.4 Å². The molecule has 0 spiro atoms. The van der Waals surface area contributed by atoms with Gasteiger partial charge in [0.1, 0.15) is 12.0 Å². The van der Waals surface area contributed by atoms with E-state index in [4.69, 9.17) is 11.6 Å². The highest BCUT2D eigenvalue weighted by atomic mass is 35.5. The molecule has 0 aliphatic carbocycles. The van der Waals surface area contributed by atoms with Crippen LogP contribution < -0.4 is 10.2 Å². The van der Waals surface area contributed by atoms with Crippen molar-refractivity contribution in [2.75, 3.05) is 24.5 Å². The molecule has 7 heteroatoms. The highest BCUT2D eigenvalue weighted by Gasteiger charge is 2.25. The monoisotopic (exact) mass is 284 g/mol. The van der Waals surface area contributed by atoms with Crippen LogP contribution in [0, 0.1) is 10.1 Å². The van der Waals surface area contributed by atoms with E-state index < -0.39 is 4.92 Å². The fraction of sp³-hybridized carbons (Fsp3) is 0.583. The molecular formula is C12H17ClN4O2. The van der Waals surface area contributed by atoms with Crippen molar-refractivity contribution >= 4 is 23.1 Å². The summed E-state index contributed by atoms with van der Waals surface area (Å²) in [6.45, 7) is 4.82. The van der Waals surface area contributed by atoms with Crippen molar-refractivity contribution in [2.45, 2.75) is 25.8 Å². The van der Waals surface area contributed by atoms with Crippen molar-refractivity contribution in [1.82, 2.24) is 10.3 Å². The summed E-state index contributed by atoms with van der Waals surface area (Å²) in [5.41, 5.74) is -0.0743. The molecule has 2 heterocycles. The Morgan fingerprint density at radius 1 is 1.68 bits per heavy atom. The zero-order chi connectivity index (χ0) is 13.8. The highest BCUT2D eigenvalue weighted by Crippen LogP contribution is 2.29.